The summed E-state index contributed by atoms with van der Waals surface area (Å²) in [6.45, 7) is 6.31. The average Bonchev–Trinajstić information content (AvgIpc) is 0.975. The Balaban J connectivity index is 1.09. The maximum Gasteiger partial charge on any atom is 0.310 e. The highest BCUT2D eigenvalue weighted by Gasteiger charge is 2.81. The van der Waals surface area contributed by atoms with Gasteiger partial charge in [0.15, 0.2) is 6.29 Å². The number of nitrogens with zero attached hydrogens (tertiary/aromatic N) is 2. The maximum atomic E-state index is 15.5. The van der Waals surface area contributed by atoms with Gasteiger partial charge in [0.1, 0.15) is 30.4 Å². The van der Waals surface area contributed by atoms with Gasteiger partial charge in [0.2, 0.25) is 5.91 Å². The highest BCUT2D eigenvalue weighted by Crippen LogP contribution is 2.83. The molecule has 0 radical (unpaired) electrons. The fourth-order valence-corrected chi connectivity index (χ4v) is 22.6. The van der Waals surface area contributed by atoms with Gasteiger partial charge in [-0.1, -0.05) is 64.0 Å². The molecule has 23 atom stereocenters. The Morgan fingerprint density at radius 3 is 2.39 bits per heavy atom. The SMILES string of the molecule is CC1(CO)CCC2(C(=O)O)C(C1)C1=CCC3C4(C5CCCC5)C5C(O)C(OC6OCC(O)C(O)C6O)C(C)(CO)C4CCC3(C)C1(CCC#CC5C1C(C(CCC(N)O)c3cnc[nH]3)NC(=O)C13CCCC3)C1Cc3[nH]cnc3NCC12. The summed E-state index contributed by atoms with van der Waals surface area (Å²) in [5.41, 5.74) is 3.35. The fraction of sp³-hybridized carbons (Fsp3) is 0.810. The number of anilines is 1. The first-order valence-corrected chi connectivity index (χ1v) is 31.4. The van der Waals surface area contributed by atoms with Crippen molar-refractivity contribution in [2.45, 2.75) is 198 Å². The molecule has 2 aromatic heterocycles. The summed E-state index contributed by atoms with van der Waals surface area (Å²) >= 11 is 0. The van der Waals surface area contributed by atoms with E-state index in [0.717, 1.165) is 55.7 Å². The molecule has 8 fully saturated rings. The van der Waals surface area contributed by atoms with Gasteiger partial charge in [0.05, 0.1) is 54.6 Å². The number of carbonyl (C=O) groups excluding carboxylic acids is 1. The topological polar surface area (TPSA) is 322 Å². The first-order chi connectivity index (χ1) is 39.3. The molecule has 450 valence electrons. The normalized spacial score (nSPS) is 47.2. The van der Waals surface area contributed by atoms with Crippen LogP contribution < -0.4 is 16.4 Å². The van der Waals surface area contributed by atoms with Crippen molar-refractivity contribution in [2.75, 3.05) is 31.7 Å². The molecule has 5 heterocycles. The molecule has 13 rings (SSSR count). The summed E-state index contributed by atoms with van der Waals surface area (Å²) in [6.07, 6.45) is 10.1. The van der Waals surface area contributed by atoms with Gasteiger partial charge in [-0.05, 0) is 142 Å². The van der Waals surface area contributed by atoms with E-state index in [1.165, 1.54) is 5.57 Å². The minimum absolute atomic E-state index is 0.0107. The molecule has 2 aromatic rings. The minimum Gasteiger partial charge on any atom is -0.481 e. The minimum atomic E-state index is -1.68. The van der Waals surface area contributed by atoms with E-state index in [0.29, 0.717) is 83.6 Å². The number of allylic oxidation sites excluding steroid dienone is 2. The van der Waals surface area contributed by atoms with Gasteiger partial charge in [-0.2, -0.15) is 0 Å². The van der Waals surface area contributed by atoms with Crippen LogP contribution in [-0.2, 0) is 25.5 Å². The zero-order valence-electron chi connectivity index (χ0n) is 48.1. The Kier molecular flexibility index (Phi) is 14.4. The van der Waals surface area contributed by atoms with Gasteiger partial charge in [-0.15, -0.1) is 5.92 Å². The predicted octanol–water partition coefficient (Wildman–Crippen LogP) is 4.49. The van der Waals surface area contributed by atoms with Gasteiger partial charge in [0, 0.05) is 72.0 Å². The number of aliphatic hydroxyl groups is 7. The lowest BCUT2D eigenvalue weighted by Gasteiger charge is -2.78. The lowest BCUT2D eigenvalue weighted by Crippen LogP contribution is -2.77. The van der Waals surface area contributed by atoms with Crippen molar-refractivity contribution < 1.29 is 59.9 Å². The van der Waals surface area contributed by atoms with Crippen molar-refractivity contribution in [3.63, 3.8) is 0 Å². The molecule has 82 heavy (non-hydrogen) atoms. The molecule has 19 nitrogen and oxygen atoms in total. The zero-order valence-corrected chi connectivity index (χ0v) is 48.1. The summed E-state index contributed by atoms with van der Waals surface area (Å²) in [6, 6.07) is -0.541. The van der Waals surface area contributed by atoms with Crippen molar-refractivity contribution in [1.82, 2.24) is 25.3 Å². The number of carbonyl (C=O) groups is 2. The van der Waals surface area contributed by atoms with Gasteiger partial charge in [-0.25, -0.2) is 9.97 Å². The standard InChI is InChI=1S/C63H91N7O12/c1-57(29-71)22-23-61(56(79)80)38(25-57)36-14-15-44-59(3)21-17-43-58(2,30-72)52(82-54-51(77)49(75)42(73)28-81-54)50(76)47(63(43,44)33-10-4-5-11-33)35(12-6-7-20-62(36,59)37-24-40-53(69-32-68-40)66-26-39(37)61)46-48(70-55(78)60(46)18-8-9-19-60)34(13-16-45(64)74)41-27-65-31-67-41/h14,27,31-35,37-39,42-52,54,66,71-77H,4-5,7-11,13,15-26,28-30,64H2,1-3H3,(H,65,67)(H,68,69)(H,70,78)(H,79,80). The number of fused-ring (bicyclic) bond motifs is 5. The molecular weight excluding hydrogens is 1050 g/mol. The van der Waals surface area contributed by atoms with Crippen LogP contribution in [0.4, 0.5) is 5.82 Å². The number of aliphatic hydroxyl groups excluding tert-OH is 7. The molecule has 2 saturated heterocycles. The Labute approximate surface area is 481 Å². The second-order valence-corrected chi connectivity index (χ2v) is 29.0. The van der Waals surface area contributed by atoms with Crippen LogP contribution in [0, 0.1) is 103 Å². The third-order valence-electron chi connectivity index (χ3n) is 26.0. The zero-order chi connectivity index (χ0) is 57.5. The molecule has 8 aliphatic carbocycles. The number of nitrogens with two attached hydrogens (primary N) is 1. The number of aromatic amines is 2. The second kappa shape index (κ2) is 20.6. The van der Waals surface area contributed by atoms with Gasteiger partial charge >= 0.3 is 5.97 Å². The van der Waals surface area contributed by atoms with Gasteiger partial charge < -0.3 is 76.7 Å². The fourth-order valence-electron chi connectivity index (χ4n) is 22.6. The monoisotopic (exact) mass is 1140 g/mol. The van der Waals surface area contributed by atoms with Crippen LogP contribution in [0.2, 0.25) is 0 Å². The molecule has 23 unspecified atom stereocenters. The van der Waals surface area contributed by atoms with E-state index >= 15 is 4.79 Å². The third kappa shape index (κ3) is 7.82. The molecule has 4 bridgehead atoms. The van der Waals surface area contributed by atoms with Crippen LogP contribution in [0.1, 0.15) is 154 Å². The molecule has 3 aliphatic heterocycles. The van der Waals surface area contributed by atoms with Crippen molar-refractivity contribution in [3.8, 4) is 11.8 Å². The molecule has 0 aromatic carbocycles. The second-order valence-electron chi connectivity index (χ2n) is 29.0. The smallest absolute Gasteiger partial charge is 0.310 e. The number of nitrogens with one attached hydrogen (secondary N) is 4. The molecule has 2 spiro atoms. The number of hydrogen-bond acceptors (Lipinski definition) is 15. The molecule has 19 heteroatoms. The number of imidazole rings is 2. The molecular formula is C63H91N7O12. The Morgan fingerprint density at radius 2 is 1.68 bits per heavy atom. The summed E-state index contributed by atoms with van der Waals surface area (Å²) in [7, 11) is 0. The quantitative estimate of drug-likeness (QED) is 0.0603. The number of H-pyrrole nitrogens is 2. The van der Waals surface area contributed by atoms with Crippen molar-refractivity contribution in [1.29, 1.82) is 0 Å². The third-order valence-corrected chi connectivity index (χ3v) is 26.0. The van der Waals surface area contributed by atoms with Crippen molar-refractivity contribution in [3.05, 3.63) is 41.9 Å². The lowest BCUT2D eigenvalue weighted by molar-refractivity contribution is -0.354. The maximum absolute atomic E-state index is 15.5. The van der Waals surface area contributed by atoms with E-state index in [1.807, 2.05) is 6.92 Å². The number of aromatic nitrogens is 4. The van der Waals surface area contributed by atoms with Crippen LogP contribution in [0.25, 0.3) is 0 Å². The first kappa shape index (κ1) is 57.2. The summed E-state index contributed by atoms with van der Waals surface area (Å²) < 4.78 is 13.1. The van der Waals surface area contributed by atoms with E-state index < -0.39 is 111 Å². The molecule has 6 saturated carbocycles. The first-order valence-electron chi connectivity index (χ1n) is 31.4. The number of rotatable bonds is 12. The largest absolute Gasteiger partial charge is 0.481 e. The number of aliphatic carboxylic acids is 1. The molecule has 1 amide bonds. The number of carboxylic acid groups (broad SMARTS) is 1. The van der Waals surface area contributed by atoms with Crippen molar-refractivity contribution in [2.24, 2.45) is 96.9 Å². The van der Waals surface area contributed by atoms with Gasteiger partial charge in [-0.3, -0.25) is 9.59 Å². The highest BCUT2D eigenvalue weighted by molar-refractivity contribution is 5.86. The van der Waals surface area contributed by atoms with Crippen LogP contribution in [-0.4, -0.2) is 148 Å². The summed E-state index contributed by atoms with van der Waals surface area (Å²) in [5.74, 6) is 4.22. The summed E-state index contributed by atoms with van der Waals surface area (Å²) in [5, 5.41) is 102. The van der Waals surface area contributed by atoms with Gasteiger partial charge in [0.25, 0.3) is 0 Å². The Hall–Kier alpha value is -3.94. The van der Waals surface area contributed by atoms with E-state index in [-0.39, 0.29) is 73.6 Å². The number of ether oxygens (including phenoxy) is 2. The summed E-state index contributed by atoms with van der Waals surface area (Å²) in [4.78, 5) is 46.5. The van der Waals surface area contributed by atoms with Crippen LogP contribution >= 0.6 is 0 Å². The Bertz CT molecular complexity index is 2830. The number of carboxylic acids is 1. The van der Waals surface area contributed by atoms with Crippen LogP contribution in [0.5, 0.6) is 0 Å². The van der Waals surface area contributed by atoms with Crippen LogP contribution in [0.15, 0.2) is 30.5 Å². The van der Waals surface area contributed by atoms with Crippen LogP contribution in [0.3, 0.4) is 0 Å². The van der Waals surface area contributed by atoms with E-state index in [9.17, 15) is 45.6 Å². The molecule has 11 aliphatic rings. The van der Waals surface area contributed by atoms with E-state index in [2.05, 4.69) is 57.3 Å². The number of amides is 1. The average molecular weight is 1140 g/mol. The van der Waals surface area contributed by atoms with E-state index in [1.54, 1.807) is 18.9 Å². The number of hydrogen-bond donors (Lipinski definition) is 13. The molecule has 14 N–H and O–H groups in total. The van der Waals surface area contributed by atoms with Crippen molar-refractivity contribution >= 4 is 17.7 Å². The van der Waals surface area contributed by atoms with E-state index in [4.69, 9.17) is 20.2 Å². The Morgan fingerprint density at radius 1 is 0.902 bits per heavy atom. The highest BCUT2D eigenvalue weighted by atomic mass is 16.7. The predicted molar refractivity (Wildman–Crippen MR) is 299 cm³/mol. The lowest BCUT2D eigenvalue weighted by atomic mass is 9.26.